The average molecular weight is 341 g/mol. The van der Waals surface area contributed by atoms with Gasteiger partial charge in [0.1, 0.15) is 5.75 Å². The Labute approximate surface area is 146 Å². The Morgan fingerprint density at radius 2 is 1.87 bits per heavy atom. The van der Waals surface area contributed by atoms with Gasteiger partial charge in [0, 0.05) is 19.1 Å². The highest BCUT2D eigenvalue weighted by molar-refractivity contribution is 5.85. The minimum absolute atomic E-state index is 0. The molecule has 1 aliphatic rings. The van der Waals surface area contributed by atoms with Crippen LogP contribution in [0, 0.1) is 0 Å². The molecule has 0 radical (unpaired) electrons. The number of nitrogens with zero attached hydrogens (tertiary/aromatic N) is 1. The molecule has 5 heteroatoms. The second-order valence-corrected chi connectivity index (χ2v) is 6.98. The van der Waals surface area contributed by atoms with Crippen molar-refractivity contribution in [1.82, 2.24) is 10.2 Å². The Bertz CT molecular complexity index is 506. The minimum Gasteiger partial charge on any atom is -0.483 e. The number of carbonyl (C=O) groups excluding carboxylic acids is 1. The van der Waals surface area contributed by atoms with Gasteiger partial charge in [-0.15, -0.1) is 12.4 Å². The lowest BCUT2D eigenvalue weighted by Gasteiger charge is -2.32. The van der Waals surface area contributed by atoms with Crippen molar-refractivity contribution in [3.63, 3.8) is 0 Å². The first kappa shape index (κ1) is 19.8. The number of hydrogen-bond donors (Lipinski definition) is 1. The monoisotopic (exact) mass is 340 g/mol. The van der Waals surface area contributed by atoms with Crippen LogP contribution in [0.2, 0.25) is 0 Å². The lowest BCUT2D eigenvalue weighted by Crippen LogP contribution is -2.45. The molecule has 1 aliphatic heterocycles. The van der Waals surface area contributed by atoms with Crippen LogP contribution >= 0.6 is 12.4 Å². The summed E-state index contributed by atoms with van der Waals surface area (Å²) in [5.74, 6) is 0.895. The first-order chi connectivity index (χ1) is 10.4. The van der Waals surface area contributed by atoms with Gasteiger partial charge in [0.25, 0.3) is 5.91 Å². The Balaban J connectivity index is 0.00000264. The normalized spacial score (nSPS) is 15.9. The summed E-state index contributed by atoms with van der Waals surface area (Å²) in [5.41, 5.74) is 1.14. The highest BCUT2D eigenvalue weighted by Crippen LogP contribution is 2.30. The van der Waals surface area contributed by atoms with Crippen molar-refractivity contribution in [1.29, 1.82) is 0 Å². The third-order valence-electron chi connectivity index (χ3n) is 4.30. The molecule has 1 aromatic carbocycles. The van der Waals surface area contributed by atoms with E-state index in [9.17, 15) is 4.79 Å². The molecule has 1 aromatic rings. The van der Waals surface area contributed by atoms with Gasteiger partial charge >= 0.3 is 0 Å². The van der Waals surface area contributed by atoms with Gasteiger partial charge in [-0.2, -0.15) is 0 Å². The van der Waals surface area contributed by atoms with Gasteiger partial charge in [-0.05, 0) is 36.9 Å². The number of nitrogens with one attached hydrogen (secondary N) is 1. The van der Waals surface area contributed by atoms with Gasteiger partial charge in [0.15, 0.2) is 6.61 Å². The smallest absolute Gasteiger partial charge is 0.260 e. The molecule has 1 heterocycles. The first-order valence-corrected chi connectivity index (χ1v) is 8.09. The number of ether oxygens (including phenoxy) is 1. The van der Waals surface area contributed by atoms with Gasteiger partial charge in [-0.25, -0.2) is 0 Å². The number of amides is 1. The molecule has 23 heavy (non-hydrogen) atoms. The topological polar surface area (TPSA) is 41.6 Å². The number of carbonyl (C=O) groups is 1. The molecular weight excluding hydrogens is 312 g/mol. The van der Waals surface area contributed by atoms with Crippen LogP contribution in [0.1, 0.15) is 39.2 Å². The molecule has 0 spiro atoms. The molecule has 1 amide bonds. The van der Waals surface area contributed by atoms with Crippen molar-refractivity contribution >= 4 is 18.3 Å². The van der Waals surface area contributed by atoms with Crippen LogP contribution in [-0.4, -0.2) is 43.6 Å². The van der Waals surface area contributed by atoms with E-state index >= 15 is 0 Å². The van der Waals surface area contributed by atoms with Crippen LogP contribution in [0.4, 0.5) is 0 Å². The van der Waals surface area contributed by atoms with Crippen molar-refractivity contribution in [3.05, 3.63) is 29.8 Å². The van der Waals surface area contributed by atoms with Gasteiger partial charge in [-0.1, -0.05) is 39.0 Å². The summed E-state index contributed by atoms with van der Waals surface area (Å²) in [7, 11) is 1.98. The van der Waals surface area contributed by atoms with Crippen molar-refractivity contribution < 1.29 is 9.53 Å². The highest BCUT2D eigenvalue weighted by Gasteiger charge is 2.23. The number of likely N-dealkylation sites (tertiary alicyclic amines) is 1. The van der Waals surface area contributed by atoms with E-state index in [4.69, 9.17) is 4.74 Å². The van der Waals surface area contributed by atoms with E-state index in [1.165, 1.54) is 0 Å². The molecule has 130 valence electrons. The first-order valence-electron chi connectivity index (χ1n) is 8.09. The fourth-order valence-electron chi connectivity index (χ4n) is 2.86. The van der Waals surface area contributed by atoms with Crippen molar-refractivity contribution in [2.45, 2.75) is 45.1 Å². The number of halogens is 1. The molecule has 0 aromatic heterocycles. The van der Waals surface area contributed by atoms with E-state index in [-0.39, 0.29) is 30.3 Å². The summed E-state index contributed by atoms with van der Waals surface area (Å²) in [4.78, 5) is 14.2. The second kappa shape index (κ2) is 8.55. The zero-order chi connectivity index (χ0) is 16.2. The maximum Gasteiger partial charge on any atom is 0.260 e. The van der Waals surface area contributed by atoms with Crippen molar-refractivity contribution in [2.24, 2.45) is 0 Å². The molecule has 1 N–H and O–H groups in total. The SMILES string of the molecule is CNC1CCN(C(=O)COc2ccccc2C(C)(C)C)CC1.Cl. The predicted octanol–water partition coefficient (Wildman–Crippen LogP) is 3.00. The van der Waals surface area contributed by atoms with Crippen LogP contribution in [0.25, 0.3) is 0 Å². The third kappa shape index (κ3) is 5.40. The summed E-state index contributed by atoms with van der Waals surface area (Å²) in [6.07, 6.45) is 2.03. The maximum absolute atomic E-state index is 12.3. The van der Waals surface area contributed by atoms with Crippen LogP contribution in [0.15, 0.2) is 24.3 Å². The second-order valence-electron chi connectivity index (χ2n) is 6.98. The van der Waals surface area contributed by atoms with E-state index in [0.29, 0.717) is 6.04 Å². The summed E-state index contributed by atoms with van der Waals surface area (Å²) < 4.78 is 5.83. The fraction of sp³-hybridized carbons (Fsp3) is 0.611. The lowest BCUT2D eigenvalue weighted by molar-refractivity contribution is -0.134. The minimum atomic E-state index is 0. The molecule has 0 saturated carbocycles. The third-order valence-corrected chi connectivity index (χ3v) is 4.30. The van der Waals surface area contributed by atoms with Crippen molar-refractivity contribution in [3.8, 4) is 5.75 Å². The predicted molar refractivity (Wildman–Crippen MR) is 96.5 cm³/mol. The zero-order valence-corrected chi connectivity index (χ0v) is 15.4. The molecule has 0 unspecified atom stereocenters. The van der Waals surface area contributed by atoms with Crippen molar-refractivity contribution in [2.75, 3.05) is 26.7 Å². The summed E-state index contributed by atoms with van der Waals surface area (Å²) in [6.45, 7) is 8.21. The lowest BCUT2D eigenvalue weighted by atomic mass is 9.86. The van der Waals surface area contributed by atoms with Gasteiger partial charge < -0.3 is 15.0 Å². The molecule has 4 nitrogen and oxygen atoms in total. The molecule has 1 fully saturated rings. The number of piperidine rings is 1. The molecular formula is C18H29ClN2O2. The Morgan fingerprint density at radius 1 is 1.26 bits per heavy atom. The largest absolute Gasteiger partial charge is 0.483 e. The summed E-state index contributed by atoms with van der Waals surface area (Å²) in [6, 6.07) is 8.51. The van der Waals surface area contributed by atoms with E-state index in [1.807, 2.05) is 30.1 Å². The molecule has 0 atom stereocenters. The molecule has 0 bridgehead atoms. The summed E-state index contributed by atoms with van der Waals surface area (Å²) >= 11 is 0. The quantitative estimate of drug-likeness (QED) is 0.916. The van der Waals surface area contributed by atoms with E-state index in [2.05, 4.69) is 32.2 Å². The number of rotatable bonds is 4. The van der Waals surface area contributed by atoms with Gasteiger partial charge in [0.2, 0.25) is 0 Å². The maximum atomic E-state index is 12.3. The number of hydrogen-bond acceptors (Lipinski definition) is 3. The Hall–Kier alpha value is -1.26. The Morgan fingerprint density at radius 3 is 2.43 bits per heavy atom. The highest BCUT2D eigenvalue weighted by atomic mass is 35.5. The van der Waals surface area contributed by atoms with E-state index in [1.54, 1.807) is 0 Å². The van der Waals surface area contributed by atoms with Crippen LogP contribution < -0.4 is 10.1 Å². The molecule has 0 aliphatic carbocycles. The number of benzene rings is 1. The van der Waals surface area contributed by atoms with Crippen LogP contribution in [0.5, 0.6) is 5.75 Å². The number of para-hydroxylation sites is 1. The van der Waals surface area contributed by atoms with Crippen LogP contribution in [-0.2, 0) is 10.2 Å². The fourth-order valence-corrected chi connectivity index (χ4v) is 2.86. The average Bonchev–Trinajstić information content (AvgIpc) is 2.52. The zero-order valence-electron chi connectivity index (χ0n) is 14.6. The molecule has 1 saturated heterocycles. The molecule has 2 rings (SSSR count). The summed E-state index contributed by atoms with van der Waals surface area (Å²) in [5, 5.41) is 3.28. The van der Waals surface area contributed by atoms with Crippen LogP contribution in [0.3, 0.4) is 0 Å². The standard InChI is InChI=1S/C18H28N2O2.ClH/c1-18(2,3)15-7-5-6-8-16(15)22-13-17(21)20-11-9-14(19-4)10-12-20;/h5-8,14,19H,9-13H2,1-4H3;1H. The van der Waals surface area contributed by atoms with Gasteiger partial charge in [0.05, 0.1) is 0 Å². The van der Waals surface area contributed by atoms with Gasteiger partial charge in [-0.3, -0.25) is 4.79 Å². The van der Waals surface area contributed by atoms with E-state index < -0.39 is 0 Å². The Kier molecular flexibility index (Phi) is 7.36. The van der Waals surface area contributed by atoms with E-state index in [0.717, 1.165) is 37.2 Å².